The summed E-state index contributed by atoms with van der Waals surface area (Å²) in [5, 5.41) is 7.28. The number of anilines is 2. The van der Waals surface area contributed by atoms with E-state index in [4.69, 9.17) is 9.47 Å². The topological polar surface area (TPSA) is 123 Å². The van der Waals surface area contributed by atoms with E-state index in [1.54, 1.807) is 12.1 Å². The average molecular weight is 417 g/mol. The van der Waals surface area contributed by atoms with E-state index in [9.17, 15) is 23.6 Å². The first-order valence-electron chi connectivity index (χ1n) is 8.74. The molecule has 2 aromatic carbocycles. The van der Waals surface area contributed by atoms with Gasteiger partial charge in [-0.2, -0.15) is 0 Å². The molecule has 0 aliphatic carbocycles. The molecule has 0 spiro atoms. The zero-order valence-electron chi connectivity index (χ0n) is 16.3. The van der Waals surface area contributed by atoms with Crippen LogP contribution in [0.15, 0.2) is 42.5 Å². The van der Waals surface area contributed by atoms with Crippen LogP contribution in [0.1, 0.15) is 17.3 Å². The third-order valence-electron chi connectivity index (χ3n) is 3.67. The number of hydrogen-bond donors (Lipinski definition) is 3. The molecule has 0 aromatic heterocycles. The first-order chi connectivity index (χ1) is 14.3. The summed E-state index contributed by atoms with van der Waals surface area (Å²) in [6, 6.07) is 9.92. The van der Waals surface area contributed by atoms with Crippen molar-refractivity contribution in [3.63, 3.8) is 0 Å². The molecule has 0 aliphatic heterocycles. The number of carbonyl (C=O) groups excluding carboxylic acids is 4. The van der Waals surface area contributed by atoms with Gasteiger partial charge in [-0.1, -0.05) is 12.1 Å². The molecule has 0 saturated carbocycles. The molecule has 0 heterocycles. The van der Waals surface area contributed by atoms with E-state index in [0.717, 1.165) is 6.07 Å². The number of ether oxygens (including phenoxy) is 2. The van der Waals surface area contributed by atoms with Gasteiger partial charge in [-0.05, 0) is 30.3 Å². The van der Waals surface area contributed by atoms with Crippen molar-refractivity contribution >= 4 is 35.1 Å². The molecule has 2 rings (SSSR count). The Kier molecular flexibility index (Phi) is 7.86. The van der Waals surface area contributed by atoms with E-state index in [1.165, 1.54) is 38.3 Å². The highest BCUT2D eigenvalue weighted by Gasteiger charge is 2.14. The Morgan fingerprint density at radius 3 is 2.43 bits per heavy atom. The van der Waals surface area contributed by atoms with Crippen LogP contribution in [0, 0.1) is 5.82 Å². The summed E-state index contributed by atoms with van der Waals surface area (Å²) in [6.07, 6.45) is 0. The molecule has 3 amide bonds. The first kappa shape index (κ1) is 22.3. The molecule has 0 fully saturated rings. The van der Waals surface area contributed by atoms with Gasteiger partial charge in [0.05, 0.1) is 18.4 Å². The lowest BCUT2D eigenvalue weighted by Gasteiger charge is -2.12. The minimum atomic E-state index is -0.881. The molecule has 0 aliphatic rings. The molecule has 2 aromatic rings. The predicted octanol–water partition coefficient (Wildman–Crippen LogP) is 1.70. The van der Waals surface area contributed by atoms with Crippen LogP contribution in [0.4, 0.5) is 15.8 Å². The standard InChI is InChI=1S/C20H20FN3O6/c1-12(25)23-13-7-8-17(29-2)16(9-13)24-18(26)11-30-19(27)10-22-20(28)14-5-3-4-6-15(14)21/h3-9H,10-11H2,1-2H3,(H,22,28)(H,23,25)(H,24,26). The van der Waals surface area contributed by atoms with Gasteiger partial charge in [-0.15, -0.1) is 0 Å². The molecule has 0 saturated heterocycles. The first-order valence-corrected chi connectivity index (χ1v) is 8.74. The molecule has 0 bridgehead atoms. The fourth-order valence-electron chi connectivity index (χ4n) is 2.36. The summed E-state index contributed by atoms with van der Waals surface area (Å²) in [5.41, 5.74) is 0.485. The molecule has 30 heavy (non-hydrogen) atoms. The summed E-state index contributed by atoms with van der Waals surface area (Å²) < 4.78 is 23.4. The monoisotopic (exact) mass is 417 g/mol. The number of carbonyl (C=O) groups is 4. The van der Waals surface area contributed by atoms with E-state index in [2.05, 4.69) is 16.0 Å². The highest BCUT2D eigenvalue weighted by Crippen LogP contribution is 2.27. The Balaban J connectivity index is 1.85. The van der Waals surface area contributed by atoms with Gasteiger partial charge in [0.1, 0.15) is 18.1 Å². The number of esters is 1. The van der Waals surface area contributed by atoms with Crippen molar-refractivity contribution in [2.24, 2.45) is 0 Å². The van der Waals surface area contributed by atoms with Crippen LogP contribution in [0.2, 0.25) is 0 Å². The molecule has 0 radical (unpaired) electrons. The van der Waals surface area contributed by atoms with Crippen LogP contribution in [0.3, 0.4) is 0 Å². The number of halogens is 1. The number of nitrogens with one attached hydrogen (secondary N) is 3. The SMILES string of the molecule is COc1ccc(NC(C)=O)cc1NC(=O)COC(=O)CNC(=O)c1ccccc1F. The van der Waals surface area contributed by atoms with Crippen molar-refractivity contribution in [2.45, 2.75) is 6.92 Å². The van der Waals surface area contributed by atoms with Crippen LogP contribution in [-0.4, -0.2) is 44.0 Å². The molecule has 3 N–H and O–H groups in total. The van der Waals surface area contributed by atoms with Crippen molar-refractivity contribution in [1.29, 1.82) is 0 Å². The quantitative estimate of drug-likeness (QED) is 0.562. The van der Waals surface area contributed by atoms with Crippen molar-refractivity contribution < 1.29 is 33.0 Å². The summed E-state index contributed by atoms with van der Waals surface area (Å²) in [5.74, 6) is -3.01. The number of amides is 3. The van der Waals surface area contributed by atoms with Crippen molar-refractivity contribution in [2.75, 3.05) is 30.9 Å². The maximum absolute atomic E-state index is 13.5. The highest BCUT2D eigenvalue weighted by molar-refractivity contribution is 5.97. The number of hydrogen-bond acceptors (Lipinski definition) is 6. The van der Waals surface area contributed by atoms with Crippen LogP contribution >= 0.6 is 0 Å². The highest BCUT2D eigenvalue weighted by atomic mass is 19.1. The Bertz CT molecular complexity index is 963. The second kappa shape index (κ2) is 10.6. The molecule has 0 unspecified atom stereocenters. The number of benzene rings is 2. The van der Waals surface area contributed by atoms with Crippen molar-refractivity contribution in [3.8, 4) is 5.75 Å². The molecular formula is C20H20FN3O6. The van der Waals surface area contributed by atoms with Gasteiger partial charge < -0.3 is 25.4 Å². The molecule has 158 valence electrons. The second-order valence-corrected chi connectivity index (χ2v) is 5.97. The lowest BCUT2D eigenvalue weighted by atomic mass is 10.2. The van der Waals surface area contributed by atoms with Gasteiger partial charge in [0.25, 0.3) is 11.8 Å². The second-order valence-electron chi connectivity index (χ2n) is 5.97. The number of methoxy groups -OCH3 is 1. The summed E-state index contributed by atoms with van der Waals surface area (Å²) >= 11 is 0. The maximum Gasteiger partial charge on any atom is 0.325 e. The number of rotatable bonds is 8. The Labute approximate surface area is 171 Å². The van der Waals surface area contributed by atoms with E-state index in [-0.39, 0.29) is 17.2 Å². The fraction of sp³-hybridized carbons (Fsp3) is 0.200. The smallest absolute Gasteiger partial charge is 0.325 e. The van der Waals surface area contributed by atoms with Gasteiger partial charge >= 0.3 is 5.97 Å². The Morgan fingerprint density at radius 1 is 1.03 bits per heavy atom. The maximum atomic E-state index is 13.5. The van der Waals surface area contributed by atoms with Gasteiger partial charge in [-0.3, -0.25) is 19.2 Å². The molecule has 10 heteroatoms. The lowest BCUT2D eigenvalue weighted by molar-refractivity contribution is -0.146. The van der Waals surface area contributed by atoms with Crippen LogP contribution in [-0.2, 0) is 19.1 Å². The molecule has 0 atom stereocenters. The molecule has 9 nitrogen and oxygen atoms in total. The largest absolute Gasteiger partial charge is 0.495 e. The van der Waals surface area contributed by atoms with Crippen LogP contribution in [0.5, 0.6) is 5.75 Å². The Hall–Kier alpha value is -3.95. The van der Waals surface area contributed by atoms with Crippen molar-refractivity contribution in [3.05, 3.63) is 53.8 Å². The van der Waals surface area contributed by atoms with E-state index in [0.29, 0.717) is 11.4 Å². The van der Waals surface area contributed by atoms with Gasteiger partial charge in [0, 0.05) is 12.6 Å². The minimum Gasteiger partial charge on any atom is -0.495 e. The van der Waals surface area contributed by atoms with E-state index in [1.807, 2.05) is 0 Å². The van der Waals surface area contributed by atoms with E-state index < -0.39 is 36.8 Å². The third kappa shape index (κ3) is 6.59. The third-order valence-corrected chi connectivity index (χ3v) is 3.67. The Morgan fingerprint density at radius 2 is 1.77 bits per heavy atom. The van der Waals surface area contributed by atoms with Gasteiger partial charge in [0.2, 0.25) is 5.91 Å². The van der Waals surface area contributed by atoms with Crippen LogP contribution in [0.25, 0.3) is 0 Å². The van der Waals surface area contributed by atoms with E-state index >= 15 is 0 Å². The lowest BCUT2D eigenvalue weighted by Crippen LogP contribution is -2.32. The zero-order valence-corrected chi connectivity index (χ0v) is 16.3. The average Bonchev–Trinajstić information content (AvgIpc) is 2.70. The summed E-state index contributed by atoms with van der Waals surface area (Å²) in [7, 11) is 1.40. The zero-order chi connectivity index (χ0) is 22.1. The predicted molar refractivity (Wildman–Crippen MR) is 106 cm³/mol. The summed E-state index contributed by atoms with van der Waals surface area (Å²) in [6.45, 7) is 0.177. The fourth-order valence-corrected chi connectivity index (χ4v) is 2.36. The van der Waals surface area contributed by atoms with Crippen LogP contribution < -0.4 is 20.7 Å². The van der Waals surface area contributed by atoms with Gasteiger partial charge in [0.15, 0.2) is 6.61 Å². The van der Waals surface area contributed by atoms with Gasteiger partial charge in [-0.25, -0.2) is 4.39 Å². The molecular weight excluding hydrogens is 397 g/mol. The summed E-state index contributed by atoms with van der Waals surface area (Å²) in [4.78, 5) is 46.8. The minimum absolute atomic E-state index is 0.214. The van der Waals surface area contributed by atoms with Crippen molar-refractivity contribution in [1.82, 2.24) is 5.32 Å². The normalized spacial score (nSPS) is 9.97.